The van der Waals surface area contributed by atoms with Crippen molar-refractivity contribution in [2.75, 3.05) is 16.8 Å². The molecular weight excluding hydrogens is 352 g/mol. The van der Waals surface area contributed by atoms with Crippen molar-refractivity contribution >= 4 is 23.2 Å². The van der Waals surface area contributed by atoms with Gasteiger partial charge in [0, 0.05) is 29.7 Å². The lowest BCUT2D eigenvalue weighted by Gasteiger charge is -2.20. The first kappa shape index (κ1) is 18.8. The Bertz CT molecular complexity index is 1020. The second-order valence-electron chi connectivity index (χ2n) is 5.96. The van der Waals surface area contributed by atoms with Crippen molar-refractivity contribution in [1.29, 1.82) is 5.26 Å². The standard InChI is InChI=1S/C22H18N4O2/c1-2-26(19-6-4-3-5-7-19)22(28)20-14-17(12-13-24-20)21(27)25-18-10-8-16(15-23)9-11-18/h3-14H,2H2,1H3,(H,25,27). The first-order valence-corrected chi connectivity index (χ1v) is 8.77. The smallest absolute Gasteiger partial charge is 0.276 e. The average Bonchev–Trinajstić information content (AvgIpc) is 2.75. The molecule has 138 valence electrons. The van der Waals surface area contributed by atoms with Crippen LogP contribution in [0.15, 0.2) is 72.9 Å². The lowest BCUT2D eigenvalue weighted by molar-refractivity contribution is 0.0983. The van der Waals surface area contributed by atoms with Crippen LogP contribution in [0, 0.1) is 11.3 Å². The number of para-hydroxylation sites is 1. The first-order valence-electron chi connectivity index (χ1n) is 8.77. The molecule has 1 aromatic heterocycles. The van der Waals surface area contributed by atoms with E-state index in [0.29, 0.717) is 23.4 Å². The van der Waals surface area contributed by atoms with E-state index in [1.807, 2.05) is 43.3 Å². The fourth-order valence-electron chi connectivity index (χ4n) is 2.71. The van der Waals surface area contributed by atoms with Crippen LogP contribution in [0.2, 0.25) is 0 Å². The van der Waals surface area contributed by atoms with E-state index in [9.17, 15) is 9.59 Å². The summed E-state index contributed by atoms with van der Waals surface area (Å²) < 4.78 is 0. The van der Waals surface area contributed by atoms with Gasteiger partial charge in [0.25, 0.3) is 11.8 Å². The number of anilines is 2. The van der Waals surface area contributed by atoms with Gasteiger partial charge in [0.05, 0.1) is 11.6 Å². The lowest BCUT2D eigenvalue weighted by atomic mass is 10.1. The summed E-state index contributed by atoms with van der Waals surface area (Å²) in [6.45, 7) is 2.36. The summed E-state index contributed by atoms with van der Waals surface area (Å²) in [6, 6.07) is 20.9. The van der Waals surface area contributed by atoms with E-state index in [4.69, 9.17) is 5.26 Å². The Morgan fingerprint density at radius 2 is 1.79 bits per heavy atom. The van der Waals surface area contributed by atoms with E-state index in [1.54, 1.807) is 35.2 Å². The van der Waals surface area contributed by atoms with Crippen molar-refractivity contribution in [2.24, 2.45) is 0 Å². The molecule has 1 heterocycles. The van der Waals surface area contributed by atoms with E-state index in [-0.39, 0.29) is 17.5 Å². The van der Waals surface area contributed by atoms with Crippen LogP contribution in [0.3, 0.4) is 0 Å². The maximum absolute atomic E-state index is 12.9. The maximum atomic E-state index is 12.9. The van der Waals surface area contributed by atoms with E-state index < -0.39 is 0 Å². The minimum Gasteiger partial charge on any atom is -0.322 e. The third kappa shape index (κ3) is 4.22. The first-order chi connectivity index (χ1) is 13.6. The van der Waals surface area contributed by atoms with Crippen LogP contribution < -0.4 is 10.2 Å². The highest BCUT2D eigenvalue weighted by molar-refractivity contribution is 6.08. The molecule has 0 unspecified atom stereocenters. The van der Waals surface area contributed by atoms with Gasteiger partial charge >= 0.3 is 0 Å². The van der Waals surface area contributed by atoms with Gasteiger partial charge in [-0.1, -0.05) is 18.2 Å². The Labute approximate surface area is 163 Å². The summed E-state index contributed by atoms with van der Waals surface area (Å²) in [6.07, 6.45) is 1.44. The Morgan fingerprint density at radius 1 is 1.07 bits per heavy atom. The third-order valence-electron chi connectivity index (χ3n) is 4.14. The molecule has 0 saturated heterocycles. The van der Waals surface area contributed by atoms with E-state index in [0.717, 1.165) is 5.69 Å². The molecule has 0 spiro atoms. The highest BCUT2D eigenvalue weighted by Gasteiger charge is 2.19. The average molecular weight is 370 g/mol. The van der Waals surface area contributed by atoms with Crippen LogP contribution in [0.25, 0.3) is 0 Å². The molecule has 0 aliphatic carbocycles. The number of pyridine rings is 1. The van der Waals surface area contributed by atoms with Crippen LogP contribution in [0.5, 0.6) is 0 Å². The number of aromatic nitrogens is 1. The predicted molar refractivity (Wildman–Crippen MR) is 107 cm³/mol. The molecule has 0 saturated carbocycles. The summed E-state index contributed by atoms with van der Waals surface area (Å²) in [5.74, 6) is -0.634. The Morgan fingerprint density at radius 3 is 2.43 bits per heavy atom. The molecule has 0 aliphatic heterocycles. The summed E-state index contributed by atoms with van der Waals surface area (Å²) in [7, 11) is 0. The van der Waals surface area contributed by atoms with Gasteiger partial charge in [-0.3, -0.25) is 14.6 Å². The van der Waals surface area contributed by atoms with Gasteiger partial charge in [0.2, 0.25) is 0 Å². The number of carbonyl (C=O) groups is 2. The normalized spacial score (nSPS) is 10.0. The maximum Gasteiger partial charge on any atom is 0.276 e. The van der Waals surface area contributed by atoms with Gasteiger partial charge < -0.3 is 10.2 Å². The van der Waals surface area contributed by atoms with Crippen LogP contribution >= 0.6 is 0 Å². The van der Waals surface area contributed by atoms with Crippen molar-refractivity contribution in [3.63, 3.8) is 0 Å². The van der Waals surface area contributed by atoms with Crippen molar-refractivity contribution in [3.05, 3.63) is 89.7 Å². The van der Waals surface area contributed by atoms with Crippen LogP contribution in [0.4, 0.5) is 11.4 Å². The molecular formula is C22H18N4O2. The molecule has 3 rings (SSSR count). The molecule has 28 heavy (non-hydrogen) atoms. The highest BCUT2D eigenvalue weighted by Crippen LogP contribution is 2.17. The molecule has 0 bridgehead atoms. The quantitative estimate of drug-likeness (QED) is 0.739. The molecule has 6 nitrogen and oxygen atoms in total. The van der Waals surface area contributed by atoms with Gasteiger partial charge in [-0.25, -0.2) is 0 Å². The predicted octanol–water partition coefficient (Wildman–Crippen LogP) is 3.87. The zero-order chi connectivity index (χ0) is 19.9. The van der Waals surface area contributed by atoms with Crippen LogP contribution in [-0.4, -0.2) is 23.3 Å². The summed E-state index contributed by atoms with van der Waals surface area (Å²) in [4.78, 5) is 31.1. The van der Waals surface area contributed by atoms with Crippen LogP contribution in [-0.2, 0) is 0 Å². The number of nitrogens with zero attached hydrogens (tertiary/aromatic N) is 3. The molecule has 0 aliphatic rings. The summed E-state index contributed by atoms with van der Waals surface area (Å²) in [5.41, 5.74) is 2.36. The van der Waals surface area contributed by atoms with Crippen LogP contribution in [0.1, 0.15) is 33.3 Å². The van der Waals surface area contributed by atoms with Crippen molar-refractivity contribution < 1.29 is 9.59 Å². The minimum atomic E-state index is -0.357. The number of nitriles is 1. The van der Waals surface area contributed by atoms with Gasteiger partial charge in [-0.05, 0) is 55.5 Å². The second-order valence-corrected chi connectivity index (χ2v) is 5.96. The SMILES string of the molecule is CCN(C(=O)c1cc(C(=O)Nc2ccc(C#N)cc2)ccn1)c1ccccc1. The zero-order valence-corrected chi connectivity index (χ0v) is 15.3. The fraction of sp³-hybridized carbons (Fsp3) is 0.0909. The topological polar surface area (TPSA) is 86.1 Å². The largest absolute Gasteiger partial charge is 0.322 e. The lowest BCUT2D eigenvalue weighted by Crippen LogP contribution is -2.31. The number of hydrogen-bond donors (Lipinski definition) is 1. The Balaban J connectivity index is 1.79. The zero-order valence-electron chi connectivity index (χ0n) is 15.3. The Kier molecular flexibility index (Phi) is 5.78. The molecule has 6 heteroatoms. The van der Waals surface area contributed by atoms with Gasteiger partial charge in [-0.2, -0.15) is 5.26 Å². The highest BCUT2D eigenvalue weighted by atomic mass is 16.2. The number of hydrogen-bond acceptors (Lipinski definition) is 4. The number of nitrogens with one attached hydrogen (secondary N) is 1. The number of amides is 2. The van der Waals surface area contributed by atoms with Crippen molar-refractivity contribution in [1.82, 2.24) is 4.98 Å². The molecule has 1 N–H and O–H groups in total. The summed E-state index contributed by atoms with van der Waals surface area (Å²) >= 11 is 0. The molecule has 3 aromatic rings. The number of carbonyl (C=O) groups excluding carboxylic acids is 2. The molecule has 0 radical (unpaired) electrons. The van der Waals surface area contributed by atoms with Gasteiger partial charge in [0.1, 0.15) is 5.69 Å². The minimum absolute atomic E-state index is 0.193. The van der Waals surface area contributed by atoms with Gasteiger partial charge in [-0.15, -0.1) is 0 Å². The van der Waals surface area contributed by atoms with E-state index >= 15 is 0 Å². The molecule has 0 fully saturated rings. The number of rotatable bonds is 5. The third-order valence-corrected chi connectivity index (χ3v) is 4.14. The Hall–Kier alpha value is -3.98. The summed E-state index contributed by atoms with van der Waals surface area (Å²) in [5, 5.41) is 11.6. The molecule has 0 atom stereocenters. The van der Waals surface area contributed by atoms with Crippen molar-refractivity contribution in [3.8, 4) is 6.07 Å². The number of benzene rings is 2. The van der Waals surface area contributed by atoms with Gasteiger partial charge in [0.15, 0.2) is 0 Å². The van der Waals surface area contributed by atoms with E-state index in [1.165, 1.54) is 12.3 Å². The molecule has 2 amide bonds. The fourth-order valence-corrected chi connectivity index (χ4v) is 2.71. The second kappa shape index (κ2) is 8.60. The van der Waals surface area contributed by atoms with Crippen molar-refractivity contribution in [2.45, 2.75) is 6.92 Å². The van der Waals surface area contributed by atoms with E-state index in [2.05, 4.69) is 10.3 Å². The monoisotopic (exact) mass is 370 g/mol. The molecule has 2 aromatic carbocycles.